The van der Waals surface area contributed by atoms with Crippen LogP contribution < -0.4 is 4.72 Å². The Morgan fingerprint density at radius 3 is 2.48 bits per heavy atom. The lowest BCUT2D eigenvalue weighted by Gasteiger charge is -2.14. The Labute approximate surface area is 183 Å². The first-order valence-corrected chi connectivity index (χ1v) is 10.9. The van der Waals surface area contributed by atoms with E-state index in [9.17, 15) is 31.7 Å². The van der Waals surface area contributed by atoms with Gasteiger partial charge in [-0.25, -0.2) is 13.4 Å². The van der Waals surface area contributed by atoms with Crippen molar-refractivity contribution >= 4 is 44.8 Å². The van der Waals surface area contributed by atoms with Crippen molar-refractivity contribution in [3.8, 4) is 0 Å². The number of nitrogens with one attached hydrogen (secondary N) is 1. The van der Waals surface area contributed by atoms with Crippen LogP contribution in [-0.4, -0.2) is 18.3 Å². The minimum Gasteiger partial charge on any atom is -0.278 e. The number of halogens is 4. The summed E-state index contributed by atoms with van der Waals surface area (Å²) in [6.07, 6.45) is -3.43. The van der Waals surface area contributed by atoms with Gasteiger partial charge in [0.2, 0.25) is 0 Å². The zero-order chi connectivity index (χ0) is 22.8. The number of nitrogens with zero attached hydrogens (tertiary/aromatic N) is 2. The van der Waals surface area contributed by atoms with Crippen LogP contribution in [0.2, 0.25) is 5.02 Å². The molecular formula is C18H11ClF3N3O4S2. The van der Waals surface area contributed by atoms with E-state index >= 15 is 0 Å². The molecule has 0 radical (unpaired) electrons. The molecule has 31 heavy (non-hydrogen) atoms. The third-order valence-corrected chi connectivity index (χ3v) is 6.76. The number of benzene rings is 2. The number of nitro groups is 1. The van der Waals surface area contributed by atoms with Crippen LogP contribution in [0, 0.1) is 10.1 Å². The Bertz CT molecular complexity index is 1250. The predicted octanol–water partition coefficient (Wildman–Crippen LogP) is 5.61. The normalized spacial score (nSPS) is 11.9. The molecule has 0 unspecified atom stereocenters. The average molecular weight is 490 g/mol. The van der Waals surface area contributed by atoms with E-state index in [1.54, 1.807) is 6.07 Å². The number of anilines is 1. The van der Waals surface area contributed by atoms with Crippen LogP contribution in [0.1, 0.15) is 5.56 Å². The van der Waals surface area contributed by atoms with Gasteiger partial charge >= 0.3 is 11.9 Å². The Hall–Kier alpha value is -2.83. The summed E-state index contributed by atoms with van der Waals surface area (Å²) in [4.78, 5) is 14.0. The van der Waals surface area contributed by atoms with E-state index < -0.39 is 36.6 Å². The molecule has 0 aliphatic carbocycles. The number of alkyl halides is 3. The molecule has 13 heteroatoms. The quantitative estimate of drug-likeness (QED) is 0.356. The molecule has 162 valence electrons. The van der Waals surface area contributed by atoms with Gasteiger partial charge in [0.15, 0.2) is 5.03 Å². The fourth-order valence-electron chi connectivity index (χ4n) is 2.43. The fourth-order valence-corrected chi connectivity index (χ4v) is 5.05. The summed E-state index contributed by atoms with van der Waals surface area (Å²) in [5.41, 5.74) is -1.48. The van der Waals surface area contributed by atoms with Crippen LogP contribution in [0.25, 0.3) is 0 Å². The van der Waals surface area contributed by atoms with Gasteiger partial charge in [-0.05, 0) is 36.4 Å². The van der Waals surface area contributed by atoms with Gasteiger partial charge in [-0.1, -0.05) is 35.5 Å². The third-order valence-electron chi connectivity index (χ3n) is 3.83. The number of sulfonamides is 1. The van der Waals surface area contributed by atoms with Crippen LogP contribution in [0.4, 0.5) is 24.5 Å². The lowest BCUT2D eigenvalue weighted by atomic mass is 10.2. The van der Waals surface area contributed by atoms with E-state index in [1.807, 2.05) is 0 Å². The maximum Gasteiger partial charge on any atom is 0.416 e. The SMILES string of the molecule is O=[N+]([O-])c1cccnc1Sc1ccccc1NS(=O)(=O)c1cc(C(F)(F)F)ccc1Cl. The average Bonchev–Trinajstić information content (AvgIpc) is 2.69. The molecular weight excluding hydrogens is 479 g/mol. The summed E-state index contributed by atoms with van der Waals surface area (Å²) in [5, 5.41) is 10.8. The molecule has 1 heterocycles. The molecule has 0 saturated heterocycles. The summed E-state index contributed by atoms with van der Waals surface area (Å²) in [5.74, 6) is 0. The molecule has 1 aromatic heterocycles. The molecule has 0 fully saturated rings. The molecule has 7 nitrogen and oxygen atoms in total. The molecule has 0 amide bonds. The monoisotopic (exact) mass is 489 g/mol. The number of hydrogen-bond acceptors (Lipinski definition) is 6. The third kappa shape index (κ3) is 5.27. The van der Waals surface area contributed by atoms with E-state index in [1.165, 1.54) is 36.5 Å². The lowest BCUT2D eigenvalue weighted by molar-refractivity contribution is -0.388. The second-order valence-corrected chi connectivity index (χ2v) is 9.02. The highest BCUT2D eigenvalue weighted by atomic mass is 35.5. The molecule has 2 aromatic carbocycles. The zero-order valence-electron chi connectivity index (χ0n) is 15.1. The maximum absolute atomic E-state index is 13.0. The number of pyridine rings is 1. The second-order valence-electron chi connectivity index (χ2n) is 5.93. The summed E-state index contributed by atoms with van der Waals surface area (Å²) in [6.45, 7) is 0. The maximum atomic E-state index is 13.0. The second kappa shape index (κ2) is 8.73. The Morgan fingerprint density at radius 2 is 1.81 bits per heavy atom. The Morgan fingerprint density at radius 1 is 1.10 bits per heavy atom. The zero-order valence-corrected chi connectivity index (χ0v) is 17.5. The number of para-hydroxylation sites is 1. The first-order valence-electron chi connectivity index (χ1n) is 8.25. The van der Waals surface area contributed by atoms with Gasteiger partial charge in [0.1, 0.15) is 4.90 Å². The van der Waals surface area contributed by atoms with Crippen molar-refractivity contribution in [1.82, 2.24) is 4.98 Å². The van der Waals surface area contributed by atoms with Gasteiger partial charge in [-0.15, -0.1) is 0 Å². The van der Waals surface area contributed by atoms with Crippen molar-refractivity contribution in [3.63, 3.8) is 0 Å². The van der Waals surface area contributed by atoms with Gasteiger partial charge in [-0.3, -0.25) is 14.8 Å². The molecule has 0 saturated carbocycles. The predicted molar refractivity (Wildman–Crippen MR) is 109 cm³/mol. The van der Waals surface area contributed by atoms with Gasteiger partial charge in [0.25, 0.3) is 10.0 Å². The Balaban J connectivity index is 1.99. The summed E-state index contributed by atoms with van der Waals surface area (Å²) >= 11 is 6.67. The highest BCUT2D eigenvalue weighted by molar-refractivity contribution is 7.99. The van der Waals surface area contributed by atoms with Crippen molar-refractivity contribution in [2.75, 3.05) is 4.72 Å². The van der Waals surface area contributed by atoms with Crippen molar-refractivity contribution in [2.45, 2.75) is 21.0 Å². The molecule has 0 bridgehead atoms. The van der Waals surface area contributed by atoms with Crippen molar-refractivity contribution in [1.29, 1.82) is 0 Å². The molecule has 3 rings (SSSR count). The lowest BCUT2D eigenvalue weighted by Crippen LogP contribution is -2.15. The minimum atomic E-state index is -4.76. The fraction of sp³-hybridized carbons (Fsp3) is 0.0556. The first-order chi connectivity index (χ1) is 14.5. The largest absolute Gasteiger partial charge is 0.416 e. The molecule has 0 aliphatic heterocycles. The van der Waals surface area contributed by atoms with Crippen LogP contribution in [-0.2, 0) is 16.2 Å². The van der Waals surface area contributed by atoms with Gasteiger partial charge in [0.05, 0.1) is 21.2 Å². The van der Waals surface area contributed by atoms with Crippen molar-refractivity contribution < 1.29 is 26.5 Å². The summed E-state index contributed by atoms with van der Waals surface area (Å²) < 4.78 is 66.8. The molecule has 0 atom stereocenters. The van der Waals surface area contributed by atoms with Crippen molar-refractivity contribution in [3.05, 3.63) is 81.5 Å². The first kappa shape index (κ1) is 22.8. The topological polar surface area (TPSA) is 102 Å². The van der Waals surface area contributed by atoms with Gasteiger partial charge in [0, 0.05) is 17.2 Å². The highest BCUT2D eigenvalue weighted by Crippen LogP contribution is 2.38. The molecule has 0 aliphatic rings. The smallest absolute Gasteiger partial charge is 0.278 e. The summed E-state index contributed by atoms with van der Waals surface area (Å²) in [7, 11) is -4.52. The van der Waals surface area contributed by atoms with Gasteiger partial charge in [-0.2, -0.15) is 13.2 Å². The van der Waals surface area contributed by atoms with E-state index in [4.69, 9.17) is 11.6 Å². The highest BCUT2D eigenvalue weighted by Gasteiger charge is 2.33. The molecule has 1 N–H and O–H groups in total. The number of hydrogen-bond donors (Lipinski definition) is 1. The van der Waals surface area contributed by atoms with Crippen LogP contribution in [0.5, 0.6) is 0 Å². The van der Waals surface area contributed by atoms with Crippen LogP contribution in [0.15, 0.2) is 75.6 Å². The van der Waals surface area contributed by atoms with E-state index in [0.717, 1.165) is 17.8 Å². The minimum absolute atomic E-state index is 0.0104. The van der Waals surface area contributed by atoms with E-state index in [-0.39, 0.29) is 21.3 Å². The summed E-state index contributed by atoms with van der Waals surface area (Å²) in [6, 6.07) is 10.5. The van der Waals surface area contributed by atoms with Crippen molar-refractivity contribution in [2.24, 2.45) is 0 Å². The Kier molecular flexibility index (Phi) is 6.43. The van der Waals surface area contributed by atoms with E-state index in [2.05, 4.69) is 9.71 Å². The van der Waals surface area contributed by atoms with Gasteiger partial charge < -0.3 is 0 Å². The molecule has 3 aromatic rings. The van der Waals surface area contributed by atoms with Crippen LogP contribution in [0.3, 0.4) is 0 Å². The van der Waals surface area contributed by atoms with Crippen LogP contribution >= 0.6 is 23.4 Å². The van der Waals surface area contributed by atoms with E-state index in [0.29, 0.717) is 12.1 Å². The molecule has 0 spiro atoms. The standard InChI is InChI=1S/C18H11ClF3N3O4S2/c19-12-8-7-11(18(20,21)22)10-16(12)31(28,29)24-13-4-1-2-6-15(13)30-17-14(25(26)27)5-3-9-23-17/h1-10,24H. The number of rotatable bonds is 6. The number of aromatic nitrogens is 1.